The van der Waals surface area contributed by atoms with E-state index in [-0.39, 0.29) is 29.0 Å². The predicted molar refractivity (Wildman–Crippen MR) is 112 cm³/mol. The van der Waals surface area contributed by atoms with Crippen LogP contribution in [0.1, 0.15) is 21.6 Å². The van der Waals surface area contributed by atoms with Gasteiger partial charge in [0.15, 0.2) is 5.76 Å². The molecule has 9 heteroatoms. The maximum atomic E-state index is 13.1. The second kappa shape index (κ2) is 7.48. The van der Waals surface area contributed by atoms with Crippen LogP contribution in [0.25, 0.3) is 17.0 Å². The summed E-state index contributed by atoms with van der Waals surface area (Å²) in [5.41, 5.74) is 3.25. The number of phenols is 2. The first-order valence-corrected chi connectivity index (χ1v) is 9.96. The molecule has 1 aliphatic heterocycles. The highest BCUT2D eigenvalue weighted by atomic mass is 35.5. The van der Waals surface area contributed by atoms with Crippen LogP contribution in [-0.2, 0) is 13.0 Å². The number of carbonyl (C=O) groups is 1. The van der Waals surface area contributed by atoms with Crippen LogP contribution >= 0.6 is 11.6 Å². The van der Waals surface area contributed by atoms with Crippen LogP contribution in [0.3, 0.4) is 0 Å². The lowest BCUT2D eigenvalue weighted by molar-refractivity contribution is 0.0734. The van der Waals surface area contributed by atoms with Gasteiger partial charge in [-0.1, -0.05) is 16.8 Å². The van der Waals surface area contributed by atoms with E-state index in [1.54, 1.807) is 29.6 Å². The third-order valence-corrected chi connectivity index (χ3v) is 5.65. The molecule has 2 N–H and O–H groups in total. The van der Waals surface area contributed by atoms with Crippen molar-refractivity contribution >= 4 is 17.5 Å². The zero-order valence-electron chi connectivity index (χ0n) is 16.2. The number of nitrogens with zero attached hydrogens (tertiary/aromatic N) is 4. The summed E-state index contributed by atoms with van der Waals surface area (Å²) in [6.07, 6.45) is 5.76. The van der Waals surface area contributed by atoms with Crippen molar-refractivity contribution in [2.75, 3.05) is 6.54 Å². The van der Waals surface area contributed by atoms with Crippen LogP contribution < -0.4 is 0 Å². The number of carbonyl (C=O) groups excluding carboxylic acids is 1. The van der Waals surface area contributed by atoms with E-state index >= 15 is 0 Å². The number of phenolic OH excluding ortho intramolecular Hbond substituents is 2. The summed E-state index contributed by atoms with van der Waals surface area (Å²) >= 11 is 6.00. The number of rotatable bonds is 3. The summed E-state index contributed by atoms with van der Waals surface area (Å²) < 4.78 is 7.33. The molecule has 0 unspecified atom stereocenters. The molecule has 0 saturated heterocycles. The van der Waals surface area contributed by atoms with Crippen LogP contribution in [0.4, 0.5) is 0 Å². The van der Waals surface area contributed by atoms with Gasteiger partial charge in [-0.2, -0.15) is 0 Å². The Kier molecular flexibility index (Phi) is 4.63. The molecule has 2 aromatic heterocycles. The van der Waals surface area contributed by atoms with Gasteiger partial charge in [-0.3, -0.25) is 4.79 Å². The molecular weight excluding hydrogens is 420 g/mol. The molecule has 3 heterocycles. The van der Waals surface area contributed by atoms with Gasteiger partial charge in [-0.05, 0) is 30.3 Å². The molecule has 0 fully saturated rings. The molecule has 31 heavy (non-hydrogen) atoms. The average molecular weight is 437 g/mol. The fraction of sp³-hybridized carbons (Fsp3) is 0.136. The first-order chi connectivity index (χ1) is 15.0. The van der Waals surface area contributed by atoms with E-state index in [2.05, 4.69) is 10.1 Å². The summed E-state index contributed by atoms with van der Waals surface area (Å²) in [6, 6.07) is 9.88. The molecular formula is C22H17ClN4O4. The van der Waals surface area contributed by atoms with Gasteiger partial charge in [-0.15, -0.1) is 0 Å². The quantitative estimate of drug-likeness (QED) is 0.506. The maximum absolute atomic E-state index is 13.1. The van der Waals surface area contributed by atoms with Crippen molar-refractivity contribution in [3.8, 4) is 28.5 Å². The molecule has 0 bridgehead atoms. The number of fused-ring (bicyclic) bond motifs is 1. The van der Waals surface area contributed by atoms with Gasteiger partial charge in [0.1, 0.15) is 11.5 Å². The van der Waals surface area contributed by atoms with Crippen LogP contribution in [0.5, 0.6) is 11.5 Å². The van der Waals surface area contributed by atoms with Crippen LogP contribution in [0.2, 0.25) is 5.02 Å². The second-order valence-corrected chi connectivity index (χ2v) is 7.66. The third kappa shape index (κ3) is 3.40. The number of amides is 1. The Bertz CT molecular complexity index is 1270. The number of aromatic hydroxyl groups is 2. The highest BCUT2D eigenvalue weighted by Gasteiger charge is 2.29. The van der Waals surface area contributed by atoms with Crippen molar-refractivity contribution in [2.45, 2.75) is 13.0 Å². The van der Waals surface area contributed by atoms with Crippen molar-refractivity contribution in [1.29, 1.82) is 0 Å². The van der Waals surface area contributed by atoms with E-state index in [0.29, 0.717) is 35.4 Å². The lowest BCUT2D eigenvalue weighted by Crippen LogP contribution is -2.35. The number of hydrogen-bond donors (Lipinski definition) is 2. The van der Waals surface area contributed by atoms with Crippen molar-refractivity contribution in [3.05, 3.63) is 77.0 Å². The summed E-state index contributed by atoms with van der Waals surface area (Å²) in [5, 5.41) is 24.1. The maximum Gasteiger partial charge on any atom is 0.254 e. The third-order valence-electron chi connectivity index (χ3n) is 5.35. The molecule has 0 aliphatic carbocycles. The van der Waals surface area contributed by atoms with Gasteiger partial charge in [0.05, 0.1) is 29.2 Å². The minimum absolute atomic E-state index is 0.0830. The normalized spacial score (nSPS) is 13.3. The van der Waals surface area contributed by atoms with Crippen LogP contribution in [-0.4, -0.2) is 42.3 Å². The summed E-state index contributed by atoms with van der Waals surface area (Å²) in [6.45, 7) is 0.789. The Morgan fingerprint density at radius 3 is 2.68 bits per heavy atom. The Morgan fingerprint density at radius 1 is 1.13 bits per heavy atom. The smallest absolute Gasteiger partial charge is 0.254 e. The Labute approximate surface area is 181 Å². The van der Waals surface area contributed by atoms with Crippen LogP contribution in [0, 0.1) is 0 Å². The molecule has 4 aromatic rings. The van der Waals surface area contributed by atoms with E-state index < -0.39 is 0 Å². The van der Waals surface area contributed by atoms with Gasteiger partial charge in [-0.25, -0.2) is 4.98 Å². The SMILES string of the molecule is O=C(c1ccc(-n2ccnc2)cc1)N1CCc2noc(-c3cc(Cl)c(O)cc3O)c2C1. The summed E-state index contributed by atoms with van der Waals surface area (Å²) in [5.74, 6) is -0.183. The second-order valence-electron chi connectivity index (χ2n) is 7.25. The Morgan fingerprint density at radius 2 is 1.94 bits per heavy atom. The predicted octanol–water partition coefficient (Wildman–Crippen LogP) is 3.79. The molecule has 5 rings (SSSR count). The average Bonchev–Trinajstić information content (AvgIpc) is 3.46. The highest BCUT2D eigenvalue weighted by molar-refractivity contribution is 6.32. The molecule has 0 radical (unpaired) electrons. The number of hydrogen-bond acceptors (Lipinski definition) is 6. The highest BCUT2D eigenvalue weighted by Crippen LogP contribution is 2.40. The minimum Gasteiger partial charge on any atom is -0.507 e. The Balaban J connectivity index is 1.41. The molecule has 2 aromatic carbocycles. The molecule has 156 valence electrons. The largest absolute Gasteiger partial charge is 0.507 e. The monoisotopic (exact) mass is 436 g/mol. The first kappa shape index (κ1) is 19.2. The van der Waals surface area contributed by atoms with Gasteiger partial charge >= 0.3 is 0 Å². The zero-order valence-corrected chi connectivity index (χ0v) is 17.0. The zero-order chi connectivity index (χ0) is 21.5. The van der Waals surface area contributed by atoms with Crippen molar-refractivity contribution in [1.82, 2.24) is 19.6 Å². The first-order valence-electron chi connectivity index (χ1n) is 9.58. The molecule has 1 amide bonds. The van der Waals surface area contributed by atoms with E-state index in [0.717, 1.165) is 17.4 Å². The molecule has 0 saturated carbocycles. The van der Waals surface area contributed by atoms with Gasteiger partial charge in [0.25, 0.3) is 5.91 Å². The lowest BCUT2D eigenvalue weighted by Gasteiger charge is -2.26. The van der Waals surface area contributed by atoms with E-state index in [1.807, 2.05) is 22.9 Å². The minimum atomic E-state index is -0.229. The van der Waals surface area contributed by atoms with Gasteiger partial charge < -0.3 is 24.2 Å². The fourth-order valence-corrected chi connectivity index (χ4v) is 3.86. The lowest BCUT2D eigenvalue weighted by atomic mass is 10.00. The summed E-state index contributed by atoms with van der Waals surface area (Å²) in [7, 11) is 0. The standard InChI is InChI=1S/C22H17ClN4O4/c23-17-9-15(19(28)10-20(17)29)21-16-11-26(7-5-18(16)25-31-21)22(30)13-1-3-14(4-2-13)27-8-6-24-12-27/h1-4,6,8-10,12,28-29H,5,7,11H2. The molecule has 0 atom stereocenters. The fourth-order valence-electron chi connectivity index (χ4n) is 3.70. The molecule has 1 aliphatic rings. The van der Waals surface area contributed by atoms with Crippen LogP contribution in [0.15, 0.2) is 59.6 Å². The topological polar surface area (TPSA) is 105 Å². The number of aromatic nitrogens is 3. The number of benzene rings is 2. The summed E-state index contributed by atoms with van der Waals surface area (Å²) in [4.78, 5) is 18.8. The van der Waals surface area contributed by atoms with E-state index in [4.69, 9.17) is 16.1 Å². The van der Waals surface area contributed by atoms with Crippen molar-refractivity contribution in [3.63, 3.8) is 0 Å². The van der Waals surface area contributed by atoms with Gasteiger partial charge in [0.2, 0.25) is 0 Å². The van der Waals surface area contributed by atoms with E-state index in [1.165, 1.54) is 6.07 Å². The Hall–Kier alpha value is -3.78. The number of halogens is 1. The molecule has 0 spiro atoms. The van der Waals surface area contributed by atoms with Gasteiger partial charge in [0, 0.05) is 48.2 Å². The van der Waals surface area contributed by atoms with Crippen molar-refractivity contribution in [2.24, 2.45) is 0 Å². The van der Waals surface area contributed by atoms with E-state index in [9.17, 15) is 15.0 Å². The van der Waals surface area contributed by atoms with Crippen molar-refractivity contribution < 1.29 is 19.5 Å². The molecule has 8 nitrogen and oxygen atoms in total. The number of imidazole rings is 1.